The van der Waals surface area contributed by atoms with Crippen LogP contribution in [0.1, 0.15) is 58.8 Å². The van der Waals surface area contributed by atoms with E-state index in [9.17, 15) is 0 Å². The highest BCUT2D eigenvalue weighted by Gasteiger charge is 2.32. The Morgan fingerprint density at radius 3 is 2.72 bits per heavy atom. The van der Waals surface area contributed by atoms with Crippen molar-refractivity contribution in [3.05, 3.63) is 0 Å². The third kappa shape index (κ3) is 4.24. The molecule has 106 valence electrons. The molecule has 0 bridgehead atoms. The van der Waals surface area contributed by atoms with Gasteiger partial charge in [0.25, 0.3) is 0 Å². The van der Waals surface area contributed by atoms with Gasteiger partial charge in [-0.1, -0.05) is 26.7 Å². The second-order valence-electron chi connectivity index (χ2n) is 6.74. The summed E-state index contributed by atoms with van der Waals surface area (Å²) in [5.41, 5.74) is 0. The zero-order chi connectivity index (χ0) is 12.8. The van der Waals surface area contributed by atoms with Crippen molar-refractivity contribution in [2.24, 2.45) is 11.8 Å². The molecule has 1 heterocycles. The molecule has 0 spiro atoms. The first-order valence-corrected chi connectivity index (χ1v) is 8.22. The lowest BCUT2D eigenvalue weighted by Crippen LogP contribution is -2.47. The summed E-state index contributed by atoms with van der Waals surface area (Å²) in [7, 11) is 0. The van der Waals surface area contributed by atoms with Gasteiger partial charge in [0.1, 0.15) is 0 Å². The maximum Gasteiger partial charge on any atom is 0.0123 e. The van der Waals surface area contributed by atoms with Crippen LogP contribution in [0, 0.1) is 11.8 Å². The van der Waals surface area contributed by atoms with Gasteiger partial charge in [0.2, 0.25) is 0 Å². The van der Waals surface area contributed by atoms with Crippen LogP contribution in [0.2, 0.25) is 0 Å². The minimum absolute atomic E-state index is 0.780. The Hall–Kier alpha value is -0.0800. The Balaban J connectivity index is 1.65. The summed E-state index contributed by atoms with van der Waals surface area (Å²) in [5.74, 6) is 1.82. The SMILES string of the molecule is CC(C)CNCCCN1CCC[C@H]2CCCC[C@H]21. The summed E-state index contributed by atoms with van der Waals surface area (Å²) < 4.78 is 0. The van der Waals surface area contributed by atoms with Crippen LogP contribution in [0.5, 0.6) is 0 Å². The largest absolute Gasteiger partial charge is 0.316 e. The van der Waals surface area contributed by atoms with E-state index in [0.717, 1.165) is 17.9 Å². The van der Waals surface area contributed by atoms with E-state index in [0.29, 0.717) is 0 Å². The summed E-state index contributed by atoms with van der Waals surface area (Å²) in [5, 5.41) is 3.57. The zero-order valence-corrected chi connectivity index (χ0v) is 12.5. The third-order valence-corrected chi connectivity index (χ3v) is 4.71. The molecule has 0 aromatic heterocycles. The van der Waals surface area contributed by atoms with Gasteiger partial charge in [-0.3, -0.25) is 0 Å². The lowest BCUT2D eigenvalue weighted by atomic mass is 9.78. The molecule has 0 aromatic carbocycles. The van der Waals surface area contributed by atoms with Gasteiger partial charge in [0.15, 0.2) is 0 Å². The van der Waals surface area contributed by atoms with Crippen LogP contribution in [-0.4, -0.2) is 37.1 Å². The summed E-state index contributed by atoms with van der Waals surface area (Å²) in [6, 6.07) is 0.942. The molecule has 1 saturated carbocycles. The van der Waals surface area contributed by atoms with Crippen LogP contribution in [-0.2, 0) is 0 Å². The fraction of sp³-hybridized carbons (Fsp3) is 1.00. The van der Waals surface area contributed by atoms with E-state index in [2.05, 4.69) is 24.1 Å². The van der Waals surface area contributed by atoms with Crippen LogP contribution in [0.3, 0.4) is 0 Å². The van der Waals surface area contributed by atoms with E-state index < -0.39 is 0 Å². The molecule has 2 atom stereocenters. The second-order valence-corrected chi connectivity index (χ2v) is 6.74. The molecule has 1 N–H and O–H groups in total. The normalized spacial score (nSPS) is 29.5. The topological polar surface area (TPSA) is 15.3 Å². The molecule has 2 aliphatic rings. The van der Waals surface area contributed by atoms with Crippen molar-refractivity contribution in [2.45, 2.75) is 64.8 Å². The van der Waals surface area contributed by atoms with Crippen LogP contribution in [0.25, 0.3) is 0 Å². The van der Waals surface area contributed by atoms with Crippen molar-refractivity contribution in [3.63, 3.8) is 0 Å². The van der Waals surface area contributed by atoms with Gasteiger partial charge in [-0.05, 0) is 70.1 Å². The molecule has 0 unspecified atom stereocenters. The van der Waals surface area contributed by atoms with Crippen molar-refractivity contribution in [3.8, 4) is 0 Å². The van der Waals surface area contributed by atoms with Crippen molar-refractivity contribution in [2.75, 3.05) is 26.2 Å². The maximum absolute atomic E-state index is 3.57. The van der Waals surface area contributed by atoms with E-state index in [-0.39, 0.29) is 0 Å². The molecule has 2 nitrogen and oxygen atoms in total. The Morgan fingerprint density at radius 2 is 1.89 bits per heavy atom. The number of likely N-dealkylation sites (tertiary alicyclic amines) is 1. The lowest BCUT2D eigenvalue weighted by molar-refractivity contribution is 0.0601. The average molecular weight is 252 g/mol. The van der Waals surface area contributed by atoms with Crippen molar-refractivity contribution >= 4 is 0 Å². The zero-order valence-electron chi connectivity index (χ0n) is 12.5. The highest BCUT2D eigenvalue weighted by molar-refractivity contribution is 4.87. The number of piperidine rings is 1. The van der Waals surface area contributed by atoms with Gasteiger partial charge >= 0.3 is 0 Å². The molecule has 1 aliphatic carbocycles. The lowest BCUT2D eigenvalue weighted by Gasteiger charge is -2.44. The van der Waals surface area contributed by atoms with Crippen LogP contribution in [0.15, 0.2) is 0 Å². The van der Waals surface area contributed by atoms with Crippen molar-refractivity contribution in [1.82, 2.24) is 10.2 Å². The molecule has 2 heteroatoms. The van der Waals surface area contributed by atoms with E-state index >= 15 is 0 Å². The van der Waals surface area contributed by atoms with Crippen LogP contribution >= 0.6 is 0 Å². The Kier molecular flexibility index (Phi) is 5.97. The Labute approximate surface area is 114 Å². The molecule has 0 radical (unpaired) electrons. The second kappa shape index (κ2) is 7.49. The number of nitrogens with one attached hydrogen (secondary N) is 1. The first-order valence-electron chi connectivity index (χ1n) is 8.22. The summed E-state index contributed by atoms with van der Waals surface area (Å²) in [6.45, 7) is 9.63. The quantitative estimate of drug-likeness (QED) is 0.730. The first kappa shape index (κ1) is 14.3. The fourth-order valence-electron chi connectivity index (χ4n) is 3.80. The Morgan fingerprint density at radius 1 is 1.11 bits per heavy atom. The van der Waals surface area contributed by atoms with E-state index in [1.807, 2.05) is 0 Å². The Bertz CT molecular complexity index is 225. The van der Waals surface area contributed by atoms with Gasteiger partial charge in [-0.25, -0.2) is 0 Å². The first-order chi connectivity index (χ1) is 8.77. The summed E-state index contributed by atoms with van der Waals surface area (Å²) >= 11 is 0. The molecule has 1 saturated heterocycles. The highest BCUT2D eigenvalue weighted by atomic mass is 15.2. The molecule has 0 amide bonds. The van der Waals surface area contributed by atoms with Gasteiger partial charge in [0.05, 0.1) is 0 Å². The van der Waals surface area contributed by atoms with E-state index in [1.54, 1.807) is 0 Å². The van der Waals surface area contributed by atoms with E-state index in [1.165, 1.54) is 71.1 Å². The van der Waals surface area contributed by atoms with Gasteiger partial charge in [0, 0.05) is 6.04 Å². The number of hydrogen-bond acceptors (Lipinski definition) is 2. The predicted molar refractivity (Wildman–Crippen MR) is 78.9 cm³/mol. The highest BCUT2D eigenvalue weighted by Crippen LogP contribution is 2.35. The van der Waals surface area contributed by atoms with Gasteiger partial charge in [-0.15, -0.1) is 0 Å². The molecule has 1 aliphatic heterocycles. The summed E-state index contributed by atoms with van der Waals surface area (Å²) in [4.78, 5) is 2.81. The number of fused-ring (bicyclic) bond motifs is 1. The fourth-order valence-corrected chi connectivity index (χ4v) is 3.80. The van der Waals surface area contributed by atoms with Crippen LogP contribution in [0.4, 0.5) is 0 Å². The number of rotatable bonds is 6. The van der Waals surface area contributed by atoms with Gasteiger partial charge in [-0.2, -0.15) is 0 Å². The summed E-state index contributed by atoms with van der Waals surface area (Å²) in [6.07, 6.45) is 10.2. The molecule has 0 aromatic rings. The molecule has 18 heavy (non-hydrogen) atoms. The molecular weight excluding hydrogens is 220 g/mol. The number of nitrogens with zero attached hydrogens (tertiary/aromatic N) is 1. The molecule has 2 fully saturated rings. The monoisotopic (exact) mass is 252 g/mol. The van der Waals surface area contributed by atoms with Crippen molar-refractivity contribution < 1.29 is 0 Å². The van der Waals surface area contributed by atoms with Crippen molar-refractivity contribution in [1.29, 1.82) is 0 Å². The maximum atomic E-state index is 3.57. The standard InChI is InChI=1S/C16H32N2/c1-14(2)13-17-10-6-12-18-11-5-8-15-7-3-4-9-16(15)18/h14-17H,3-13H2,1-2H3/t15-,16-/m1/s1. The minimum atomic E-state index is 0.780. The number of hydrogen-bond donors (Lipinski definition) is 1. The molecular formula is C16H32N2. The van der Waals surface area contributed by atoms with E-state index in [4.69, 9.17) is 0 Å². The van der Waals surface area contributed by atoms with Crippen LogP contribution < -0.4 is 5.32 Å². The molecule has 2 rings (SSSR count). The smallest absolute Gasteiger partial charge is 0.0123 e. The predicted octanol–water partition coefficient (Wildman–Crippen LogP) is 3.28. The van der Waals surface area contributed by atoms with Gasteiger partial charge < -0.3 is 10.2 Å². The minimum Gasteiger partial charge on any atom is -0.316 e. The average Bonchev–Trinajstić information content (AvgIpc) is 2.38. The third-order valence-electron chi connectivity index (χ3n) is 4.71.